The number of aliphatic carboxylic acids is 1. The van der Waals surface area contributed by atoms with Gasteiger partial charge in [-0.15, -0.1) is 0 Å². The lowest BCUT2D eigenvalue weighted by molar-refractivity contribution is -0.903. The number of likely N-dealkylation sites (tertiary alicyclic amines) is 1. The van der Waals surface area contributed by atoms with Crippen LogP contribution in [0.5, 0.6) is 0 Å². The van der Waals surface area contributed by atoms with Gasteiger partial charge in [0, 0.05) is 0 Å². The quantitative estimate of drug-likeness (QED) is 0.204. The topological polar surface area (TPSA) is 155 Å². The number of rotatable bonds is 13. The summed E-state index contributed by atoms with van der Waals surface area (Å²) < 4.78 is 75.0. The third kappa shape index (κ3) is 12.6. The normalized spacial score (nSPS) is 14.8. The van der Waals surface area contributed by atoms with Crippen molar-refractivity contribution in [2.45, 2.75) is 57.0 Å². The number of nitrogens with zero attached hydrogens (tertiary/aromatic N) is 1. The number of oxazole rings is 1. The molecule has 0 spiro atoms. The Balaban J connectivity index is 0.000000860. The van der Waals surface area contributed by atoms with Gasteiger partial charge in [-0.25, -0.2) is 4.79 Å². The number of halogens is 6. The van der Waals surface area contributed by atoms with Gasteiger partial charge in [0.25, 0.3) is 0 Å². The number of hydrogen-bond acceptors (Lipinski definition) is 8. The minimum atomic E-state index is -5.19. The lowest BCUT2D eigenvalue weighted by Crippen LogP contribution is -3.13. The standard InChI is InChI=1S/C24H31F3N4O5S.C2HF3O2/c25-24(26,27)20(32)16-37-14-6-7-17(22(34)28-10-13-30-11-4-1-5-12-30)29-21(33)15-31-18-8-2-3-9-19(18)36-23(31)35;3-2(4,5)1(6)7/h2-3,8-9,17H,1,4-7,10-16H2,(H,28,34)(H,29,33);(H,6,7)/t17-;/m0./s1. The predicted molar refractivity (Wildman–Crippen MR) is 144 cm³/mol. The number of piperidine rings is 1. The van der Waals surface area contributed by atoms with Gasteiger partial charge in [0.05, 0.1) is 37.4 Å². The van der Waals surface area contributed by atoms with Crippen LogP contribution in [0.25, 0.3) is 11.1 Å². The maximum absolute atomic E-state index is 12.9. The van der Waals surface area contributed by atoms with E-state index in [1.54, 1.807) is 24.3 Å². The molecule has 1 aromatic heterocycles. The number of carbonyl (C=O) groups is 4. The van der Waals surface area contributed by atoms with Crippen molar-refractivity contribution in [2.75, 3.05) is 37.7 Å². The van der Waals surface area contributed by atoms with Gasteiger partial charge in [0.15, 0.2) is 5.58 Å². The van der Waals surface area contributed by atoms with E-state index in [0.717, 1.165) is 48.8 Å². The summed E-state index contributed by atoms with van der Waals surface area (Å²) >= 11 is 0.829. The molecule has 1 aliphatic heterocycles. The zero-order chi connectivity index (χ0) is 32.9. The van der Waals surface area contributed by atoms with Crippen LogP contribution in [0.1, 0.15) is 32.1 Å². The summed E-state index contributed by atoms with van der Waals surface area (Å²) in [5, 5.41) is 14.3. The van der Waals surface area contributed by atoms with Crippen LogP contribution >= 0.6 is 11.8 Å². The van der Waals surface area contributed by atoms with Crippen LogP contribution < -0.4 is 26.4 Å². The van der Waals surface area contributed by atoms with Gasteiger partial charge in [-0.1, -0.05) is 12.1 Å². The molecule has 1 saturated heterocycles. The number of benzene rings is 1. The second-order valence-electron chi connectivity index (χ2n) is 9.79. The first-order valence-corrected chi connectivity index (χ1v) is 14.7. The molecule has 0 radical (unpaired) electrons. The van der Waals surface area contributed by atoms with Crippen molar-refractivity contribution < 1.29 is 59.9 Å². The van der Waals surface area contributed by atoms with Crippen LogP contribution in [0.4, 0.5) is 26.3 Å². The van der Waals surface area contributed by atoms with Crippen molar-refractivity contribution in [3.05, 3.63) is 34.8 Å². The van der Waals surface area contributed by atoms with E-state index < -0.39 is 53.5 Å². The van der Waals surface area contributed by atoms with Crippen LogP contribution in [-0.2, 0) is 25.7 Å². The first-order chi connectivity index (χ1) is 20.6. The van der Waals surface area contributed by atoms with Crippen molar-refractivity contribution in [2.24, 2.45) is 0 Å². The molecule has 2 heterocycles. The first kappa shape index (κ1) is 36.7. The highest BCUT2D eigenvalue weighted by Crippen LogP contribution is 2.19. The SMILES string of the molecule is O=C(Cn1c(=O)oc2ccccc21)N[C@@H](CCCSCC(=O)C(F)(F)F)C(=O)NCC[NH+]1CCCCC1.O=C([O-])C(F)(F)F. The molecule has 3 rings (SSSR count). The number of aromatic nitrogens is 1. The number of para-hydroxylation sites is 2. The smallest absolute Gasteiger partial charge is 0.450 e. The van der Waals surface area contributed by atoms with E-state index in [2.05, 4.69) is 10.6 Å². The fourth-order valence-corrected chi connectivity index (χ4v) is 5.10. The molecule has 0 unspecified atom stereocenters. The Labute approximate surface area is 251 Å². The van der Waals surface area contributed by atoms with Gasteiger partial charge in [-0.3, -0.25) is 19.0 Å². The molecule has 246 valence electrons. The second-order valence-corrected chi connectivity index (χ2v) is 10.9. The fraction of sp³-hybridized carbons (Fsp3) is 0.577. The summed E-state index contributed by atoms with van der Waals surface area (Å²) in [6, 6.07) is 5.71. The van der Waals surface area contributed by atoms with Crippen LogP contribution in [0.3, 0.4) is 0 Å². The van der Waals surface area contributed by atoms with Crippen molar-refractivity contribution in [1.29, 1.82) is 0 Å². The Hall–Kier alpha value is -3.54. The summed E-state index contributed by atoms with van der Waals surface area (Å²) in [4.78, 5) is 59.0. The van der Waals surface area contributed by atoms with E-state index in [1.165, 1.54) is 11.3 Å². The number of thioether (sulfide) groups is 1. The minimum Gasteiger partial charge on any atom is -0.542 e. The van der Waals surface area contributed by atoms with Gasteiger partial charge in [-0.05, 0) is 50.0 Å². The highest BCUT2D eigenvalue weighted by molar-refractivity contribution is 7.99. The molecular formula is C26H32F6N4O7S. The third-order valence-corrected chi connectivity index (χ3v) is 7.47. The number of amides is 2. The van der Waals surface area contributed by atoms with E-state index in [0.29, 0.717) is 24.1 Å². The molecule has 11 nitrogen and oxygen atoms in total. The largest absolute Gasteiger partial charge is 0.542 e. The van der Waals surface area contributed by atoms with Crippen LogP contribution in [0.15, 0.2) is 33.5 Å². The number of fused-ring (bicyclic) bond motifs is 1. The number of alkyl halides is 6. The lowest BCUT2D eigenvalue weighted by Gasteiger charge is -2.24. The van der Waals surface area contributed by atoms with E-state index in [4.69, 9.17) is 14.3 Å². The van der Waals surface area contributed by atoms with E-state index in [1.807, 2.05) is 0 Å². The van der Waals surface area contributed by atoms with Crippen molar-refractivity contribution in [3.8, 4) is 0 Å². The molecule has 2 aromatic rings. The van der Waals surface area contributed by atoms with Crippen LogP contribution in [0, 0.1) is 0 Å². The third-order valence-electron chi connectivity index (χ3n) is 6.43. The number of ketones is 1. The first-order valence-electron chi connectivity index (χ1n) is 13.5. The van der Waals surface area contributed by atoms with Crippen LogP contribution in [0.2, 0.25) is 0 Å². The number of Topliss-reactive ketones (excluding diaryl/α,β-unsaturated/α-hetero) is 1. The lowest BCUT2D eigenvalue weighted by atomic mass is 10.1. The minimum absolute atomic E-state index is 0.169. The van der Waals surface area contributed by atoms with Gasteiger partial charge >= 0.3 is 18.1 Å². The second kappa shape index (κ2) is 17.1. The molecule has 3 N–H and O–H groups in total. The molecule has 1 aromatic carbocycles. The fourth-order valence-electron chi connectivity index (χ4n) is 4.24. The number of carbonyl (C=O) groups excluding carboxylic acids is 4. The summed E-state index contributed by atoms with van der Waals surface area (Å²) in [7, 11) is 0. The Bertz CT molecular complexity index is 1320. The predicted octanol–water partition coefficient (Wildman–Crippen LogP) is 0.208. The van der Waals surface area contributed by atoms with Crippen molar-refractivity contribution >= 4 is 46.4 Å². The molecular weight excluding hydrogens is 626 g/mol. The molecule has 2 amide bonds. The average Bonchev–Trinajstić information content (AvgIpc) is 3.26. The summed E-state index contributed by atoms with van der Waals surface area (Å²) in [6.07, 6.45) is -6.07. The Morgan fingerprint density at radius 2 is 1.66 bits per heavy atom. The number of nitrogens with one attached hydrogen (secondary N) is 3. The average molecular weight is 659 g/mol. The number of carboxylic acids is 1. The maximum Gasteiger partial charge on any atom is 0.450 e. The Morgan fingerprint density at radius 3 is 2.27 bits per heavy atom. The van der Waals surface area contributed by atoms with Gasteiger partial charge in [0.2, 0.25) is 17.6 Å². The van der Waals surface area contributed by atoms with E-state index in [-0.39, 0.29) is 18.7 Å². The summed E-state index contributed by atoms with van der Waals surface area (Å²) in [5.74, 6) is -6.97. The molecule has 18 heteroatoms. The Kier molecular flexibility index (Phi) is 14.2. The highest BCUT2D eigenvalue weighted by atomic mass is 32.2. The number of hydrogen-bond donors (Lipinski definition) is 3. The zero-order valence-corrected chi connectivity index (χ0v) is 24.2. The van der Waals surface area contributed by atoms with Gasteiger partial charge in [-0.2, -0.15) is 38.1 Å². The summed E-state index contributed by atoms with van der Waals surface area (Å²) in [6.45, 7) is 2.94. The maximum atomic E-state index is 12.9. The number of carboxylic acid groups (broad SMARTS) is 1. The molecule has 0 aliphatic carbocycles. The molecule has 1 aliphatic rings. The van der Waals surface area contributed by atoms with Crippen molar-refractivity contribution in [1.82, 2.24) is 15.2 Å². The molecule has 1 fully saturated rings. The number of quaternary nitrogens is 1. The van der Waals surface area contributed by atoms with Crippen LogP contribution in [-0.4, -0.2) is 84.2 Å². The highest BCUT2D eigenvalue weighted by Gasteiger charge is 2.37. The van der Waals surface area contributed by atoms with Crippen molar-refractivity contribution in [3.63, 3.8) is 0 Å². The van der Waals surface area contributed by atoms with Gasteiger partial charge in [0.1, 0.15) is 18.6 Å². The molecule has 1 atom stereocenters. The monoisotopic (exact) mass is 658 g/mol. The van der Waals surface area contributed by atoms with Gasteiger partial charge < -0.3 is 29.9 Å². The van der Waals surface area contributed by atoms with E-state index in [9.17, 15) is 45.5 Å². The Morgan fingerprint density at radius 1 is 1.02 bits per heavy atom. The molecule has 0 saturated carbocycles. The van der Waals surface area contributed by atoms with E-state index >= 15 is 0 Å². The zero-order valence-electron chi connectivity index (χ0n) is 23.4. The summed E-state index contributed by atoms with van der Waals surface area (Å²) in [5.41, 5.74) is 0.777. The molecule has 0 bridgehead atoms. The molecule has 44 heavy (non-hydrogen) atoms.